The Hall–Kier alpha value is -2.75. The lowest BCUT2D eigenvalue weighted by Gasteiger charge is -2.42. The van der Waals surface area contributed by atoms with Crippen molar-refractivity contribution in [3.05, 3.63) is 64.7 Å². The summed E-state index contributed by atoms with van der Waals surface area (Å²) in [6, 6.07) is 9.13. The highest BCUT2D eigenvalue weighted by molar-refractivity contribution is 5.99. The zero-order chi connectivity index (χ0) is 23.7. The third-order valence-corrected chi connectivity index (χ3v) is 5.54. The number of rotatable bonds is 4. The van der Waals surface area contributed by atoms with Crippen LogP contribution in [0.25, 0.3) is 0 Å². The molecule has 1 N–H and O–H groups in total. The molecule has 1 atom stereocenters. The molecule has 0 unspecified atom stereocenters. The van der Waals surface area contributed by atoms with Gasteiger partial charge in [0.15, 0.2) is 0 Å². The standard InChI is InChI=1S/C22H22F6N2O2/c1-30-10-6-9-20(13-30,14-7-4-3-5-8-14)29-19(31)18-16(22(26,27)28)11-15(21(23,24)25)12-17(18)32-2/h3-5,7-8,11-12H,6,9-10,13H2,1-2H3,(H,29,31)/t20-/m1/s1. The number of likely N-dealkylation sites (tertiary alicyclic amines) is 1. The number of amides is 1. The fraction of sp³-hybridized carbons (Fsp3) is 0.409. The number of nitrogens with one attached hydrogen (secondary N) is 1. The highest BCUT2D eigenvalue weighted by Crippen LogP contribution is 2.42. The van der Waals surface area contributed by atoms with Gasteiger partial charge in [-0.05, 0) is 44.1 Å². The maximum atomic E-state index is 13.7. The molecule has 0 saturated carbocycles. The van der Waals surface area contributed by atoms with Gasteiger partial charge in [0.25, 0.3) is 5.91 Å². The van der Waals surface area contributed by atoms with Gasteiger partial charge in [0, 0.05) is 6.54 Å². The number of ether oxygens (including phenoxy) is 1. The molecule has 1 heterocycles. The number of carbonyl (C=O) groups excluding carboxylic acids is 1. The van der Waals surface area contributed by atoms with E-state index in [4.69, 9.17) is 4.74 Å². The van der Waals surface area contributed by atoms with Crippen molar-refractivity contribution in [3.8, 4) is 5.75 Å². The van der Waals surface area contributed by atoms with Crippen molar-refractivity contribution in [2.24, 2.45) is 0 Å². The van der Waals surface area contributed by atoms with Crippen LogP contribution in [0.4, 0.5) is 26.3 Å². The second-order valence-electron chi connectivity index (χ2n) is 7.84. The Kier molecular flexibility index (Phi) is 6.46. The van der Waals surface area contributed by atoms with Crippen molar-refractivity contribution in [1.82, 2.24) is 10.2 Å². The van der Waals surface area contributed by atoms with Crippen LogP contribution in [0.1, 0.15) is 39.9 Å². The minimum Gasteiger partial charge on any atom is -0.496 e. The smallest absolute Gasteiger partial charge is 0.417 e. The second-order valence-corrected chi connectivity index (χ2v) is 7.84. The molecule has 10 heteroatoms. The maximum Gasteiger partial charge on any atom is 0.417 e. The third-order valence-electron chi connectivity index (χ3n) is 5.54. The van der Waals surface area contributed by atoms with Gasteiger partial charge < -0.3 is 15.0 Å². The number of halogens is 6. The van der Waals surface area contributed by atoms with Gasteiger partial charge in [-0.3, -0.25) is 4.79 Å². The second kappa shape index (κ2) is 8.65. The number of piperidine rings is 1. The third kappa shape index (κ3) is 4.85. The minimum atomic E-state index is -5.20. The first-order valence-corrected chi connectivity index (χ1v) is 9.80. The van der Waals surface area contributed by atoms with Crippen molar-refractivity contribution < 1.29 is 35.9 Å². The predicted octanol–water partition coefficient (Wildman–Crippen LogP) is 5.08. The summed E-state index contributed by atoms with van der Waals surface area (Å²) in [5, 5.41) is 2.70. The summed E-state index contributed by atoms with van der Waals surface area (Å²) in [5.74, 6) is -1.95. The van der Waals surface area contributed by atoms with Crippen molar-refractivity contribution in [2.75, 3.05) is 27.2 Å². The van der Waals surface area contributed by atoms with E-state index < -0.39 is 46.2 Å². The fourth-order valence-corrected chi connectivity index (χ4v) is 4.11. The average Bonchev–Trinajstić information content (AvgIpc) is 2.72. The molecule has 1 saturated heterocycles. The highest BCUT2D eigenvalue weighted by Gasteiger charge is 2.44. The topological polar surface area (TPSA) is 41.6 Å². The summed E-state index contributed by atoms with van der Waals surface area (Å²) in [5.41, 5.74) is -4.54. The van der Waals surface area contributed by atoms with Crippen LogP contribution in [0.2, 0.25) is 0 Å². The van der Waals surface area contributed by atoms with Gasteiger partial charge in [-0.25, -0.2) is 0 Å². The molecule has 32 heavy (non-hydrogen) atoms. The summed E-state index contributed by atoms with van der Waals surface area (Å²) < 4.78 is 85.6. The van der Waals surface area contributed by atoms with E-state index >= 15 is 0 Å². The van der Waals surface area contributed by atoms with Gasteiger partial charge >= 0.3 is 12.4 Å². The van der Waals surface area contributed by atoms with Crippen LogP contribution in [-0.2, 0) is 17.9 Å². The van der Waals surface area contributed by atoms with Gasteiger partial charge in [-0.1, -0.05) is 30.3 Å². The lowest BCUT2D eigenvalue weighted by atomic mass is 9.82. The molecule has 4 nitrogen and oxygen atoms in total. The zero-order valence-corrected chi connectivity index (χ0v) is 17.4. The molecule has 0 aromatic heterocycles. The molecule has 2 aromatic rings. The SMILES string of the molecule is COc1cc(C(F)(F)F)cc(C(F)(F)F)c1C(=O)N[C@]1(c2ccccc2)CCCN(C)C1. The fourth-order valence-electron chi connectivity index (χ4n) is 4.11. The molecule has 3 rings (SSSR count). The highest BCUT2D eigenvalue weighted by atomic mass is 19.4. The van der Waals surface area contributed by atoms with Crippen LogP contribution in [0.15, 0.2) is 42.5 Å². The first-order chi connectivity index (χ1) is 14.9. The molecule has 1 aliphatic rings. The summed E-state index contributed by atoms with van der Waals surface area (Å²) in [6.45, 7) is 1.06. The Balaban J connectivity index is 2.13. The molecule has 2 aromatic carbocycles. The number of hydrogen-bond donors (Lipinski definition) is 1. The number of alkyl halides is 6. The van der Waals surface area contributed by atoms with Crippen LogP contribution >= 0.6 is 0 Å². The number of methoxy groups -OCH3 is 1. The Morgan fingerprint density at radius 3 is 2.25 bits per heavy atom. The molecular formula is C22H22F6N2O2. The van der Waals surface area contributed by atoms with Crippen LogP contribution in [0, 0.1) is 0 Å². The lowest BCUT2D eigenvalue weighted by Crippen LogP contribution is -2.55. The van der Waals surface area contributed by atoms with Gasteiger partial charge in [0.2, 0.25) is 0 Å². The number of hydrogen-bond acceptors (Lipinski definition) is 3. The molecule has 0 spiro atoms. The van der Waals surface area contributed by atoms with E-state index in [-0.39, 0.29) is 6.07 Å². The predicted molar refractivity (Wildman–Crippen MR) is 105 cm³/mol. The maximum absolute atomic E-state index is 13.7. The molecule has 0 bridgehead atoms. The van der Waals surface area contributed by atoms with Gasteiger partial charge in [0.1, 0.15) is 5.75 Å². The Labute approximate surface area is 181 Å². The van der Waals surface area contributed by atoms with E-state index in [1.165, 1.54) is 0 Å². The van der Waals surface area contributed by atoms with Crippen molar-refractivity contribution >= 4 is 5.91 Å². The number of carbonyl (C=O) groups is 1. The minimum absolute atomic E-state index is 0.0559. The molecule has 174 valence electrons. The summed E-state index contributed by atoms with van der Waals surface area (Å²) >= 11 is 0. The Morgan fingerprint density at radius 1 is 1.06 bits per heavy atom. The van der Waals surface area contributed by atoms with Crippen LogP contribution < -0.4 is 10.1 Å². The molecule has 0 radical (unpaired) electrons. The summed E-state index contributed by atoms with van der Waals surface area (Å²) in [6.07, 6.45) is -9.12. The van der Waals surface area contributed by atoms with Crippen molar-refractivity contribution in [2.45, 2.75) is 30.7 Å². The largest absolute Gasteiger partial charge is 0.496 e. The molecule has 1 amide bonds. The van der Waals surface area contributed by atoms with E-state index in [1.807, 2.05) is 11.9 Å². The van der Waals surface area contributed by atoms with E-state index in [2.05, 4.69) is 5.32 Å². The number of nitrogens with zero attached hydrogens (tertiary/aromatic N) is 1. The monoisotopic (exact) mass is 460 g/mol. The zero-order valence-electron chi connectivity index (χ0n) is 17.4. The molecule has 0 aliphatic carbocycles. The van der Waals surface area contributed by atoms with Crippen LogP contribution in [0.5, 0.6) is 5.75 Å². The van der Waals surface area contributed by atoms with Gasteiger partial charge in [-0.15, -0.1) is 0 Å². The number of likely N-dealkylation sites (N-methyl/N-ethyl adjacent to an activating group) is 1. The van der Waals surface area contributed by atoms with Gasteiger partial charge in [0.05, 0.1) is 29.3 Å². The normalized spacial score (nSPS) is 20.1. The number of benzene rings is 2. The summed E-state index contributed by atoms with van der Waals surface area (Å²) in [7, 11) is 2.75. The Morgan fingerprint density at radius 2 is 1.72 bits per heavy atom. The summed E-state index contributed by atoms with van der Waals surface area (Å²) in [4.78, 5) is 15.2. The van der Waals surface area contributed by atoms with Crippen molar-refractivity contribution in [1.29, 1.82) is 0 Å². The first-order valence-electron chi connectivity index (χ1n) is 9.80. The van der Waals surface area contributed by atoms with E-state index in [0.29, 0.717) is 31.0 Å². The first kappa shape index (κ1) is 23.9. The van der Waals surface area contributed by atoms with E-state index in [0.717, 1.165) is 13.7 Å². The van der Waals surface area contributed by atoms with E-state index in [1.54, 1.807) is 30.3 Å². The van der Waals surface area contributed by atoms with E-state index in [9.17, 15) is 31.1 Å². The Bertz CT molecular complexity index is 975. The van der Waals surface area contributed by atoms with Crippen LogP contribution in [0.3, 0.4) is 0 Å². The van der Waals surface area contributed by atoms with Gasteiger partial charge in [-0.2, -0.15) is 26.3 Å². The quantitative estimate of drug-likeness (QED) is 0.647. The molecule has 1 aliphatic heterocycles. The lowest BCUT2D eigenvalue weighted by molar-refractivity contribution is -0.143. The van der Waals surface area contributed by atoms with Crippen LogP contribution in [-0.4, -0.2) is 38.1 Å². The molecular weight excluding hydrogens is 438 g/mol. The molecule has 1 fully saturated rings. The average molecular weight is 460 g/mol. The van der Waals surface area contributed by atoms with Crippen molar-refractivity contribution in [3.63, 3.8) is 0 Å².